The molecule has 0 aliphatic carbocycles. The number of aryl methyl sites for hydroxylation is 1. The van der Waals surface area contributed by atoms with Crippen molar-refractivity contribution >= 4 is 0 Å². The molecule has 0 radical (unpaired) electrons. The highest BCUT2D eigenvalue weighted by molar-refractivity contribution is 4.86. The second kappa shape index (κ2) is 4.51. The van der Waals surface area contributed by atoms with E-state index in [4.69, 9.17) is 0 Å². The van der Waals surface area contributed by atoms with Gasteiger partial charge >= 0.3 is 0 Å². The molecule has 0 spiro atoms. The van der Waals surface area contributed by atoms with Gasteiger partial charge < -0.3 is 5.11 Å². The molecule has 1 aromatic heterocycles. The molecule has 1 unspecified atom stereocenters. The Bertz CT molecular complexity index is 348. The zero-order valence-electron chi connectivity index (χ0n) is 10.1. The Labute approximate surface area is 96.1 Å². The fraction of sp³-hybridized carbons (Fsp3) is 0.818. The van der Waals surface area contributed by atoms with Gasteiger partial charge in [-0.15, -0.1) is 0 Å². The summed E-state index contributed by atoms with van der Waals surface area (Å²) in [6, 6.07) is 0. The lowest BCUT2D eigenvalue weighted by Gasteiger charge is -2.21. The molecular weight excluding hydrogens is 204 g/mol. The van der Waals surface area contributed by atoms with Crippen LogP contribution in [0.25, 0.3) is 0 Å². The molecule has 1 atom stereocenters. The van der Waals surface area contributed by atoms with E-state index in [0.29, 0.717) is 0 Å². The largest absolute Gasteiger partial charge is 0.390 e. The molecule has 90 valence electrons. The number of aliphatic hydroxyl groups is 1. The minimum Gasteiger partial charge on any atom is -0.390 e. The van der Waals surface area contributed by atoms with Gasteiger partial charge in [0.05, 0.1) is 12.1 Å². The molecular formula is C11H20N4O. The Morgan fingerprint density at radius 1 is 1.44 bits per heavy atom. The number of likely N-dealkylation sites (tertiary alicyclic amines) is 1. The summed E-state index contributed by atoms with van der Waals surface area (Å²) in [5.41, 5.74) is -0.491. The molecule has 1 N–H and O–H groups in total. The molecule has 0 bridgehead atoms. The molecule has 0 saturated carbocycles. The van der Waals surface area contributed by atoms with Crippen LogP contribution in [-0.2, 0) is 13.6 Å². The van der Waals surface area contributed by atoms with Gasteiger partial charge in [0, 0.05) is 13.6 Å². The summed E-state index contributed by atoms with van der Waals surface area (Å²) < 4.78 is 1.81. The molecule has 5 nitrogen and oxygen atoms in total. The van der Waals surface area contributed by atoms with Crippen molar-refractivity contribution in [2.24, 2.45) is 7.05 Å². The van der Waals surface area contributed by atoms with Crippen LogP contribution in [-0.4, -0.2) is 43.5 Å². The van der Waals surface area contributed by atoms with Crippen LogP contribution in [0.4, 0.5) is 0 Å². The average molecular weight is 224 g/mol. The molecule has 1 aliphatic heterocycles. The third-order valence-corrected chi connectivity index (χ3v) is 3.33. The van der Waals surface area contributed by atoms with Crippen molar-refractivity contribution in [1.29, 1.82) is 0 Å². The Morgan fingerprint density at radius 3 is 2.94 bits per heavy atom. The van der Waals surface area contributed by atoms with Gasteiger partial charge in [0.15, 0.2) is 0 Å². The highest BCUT2D eigenvalue weighted by atomic mass is 16.3. The molecule has 2 heterocycles. The van der Waals surface area contributed by atoms with Crippen molar-refractivity contribution in [2.75, 3.05) is 13.1 Å². The van der Waals surface area contributed by atoms with E-state index in [0.717, 1.165) is 44.7 Å². The number of rotatable bonds is 2. The number of hydrogen-bond donors (Lipinski definition) is 1. The van der Waals surface area contributed by atoms with E-state index in [9.17, 15) is 5.11 Å². The first-order chi connectivity index (χ1) is 7.57. The fourth-order valence-electron chi connectivity index (χ4n) is 2.14. The van der Waals surface area contributed by atoms with Crippen LogP contribution in [0.15, 0.2) is 6.33 Å². The van der Waals surface area contributed by atoms with Crippen LogP contribution < -0.4 is 0 Å². The molecule has 1 aromatic rings. The predicted octanol–water partition coefficient (Wildman–Crippen LogP) is 0.552. The second-order valence-corrected chi connectivity index (χ2v) is 4.93. The monoisotopic (exact) mass is 224 g/mol. The van der Waals surface area contributed by atoms with Crippen molar-refractivity contribution in [3.8, 4) is 0 Å². The maximum atomic E-state index is 9.99. The van der Waals surface area contributed by atoms with E-state index in [2.05, 4.69) is 15.0 Å². The van der Waals surface area contributed by atoms with E-state index in [1.165, 1.54) is 0 Å². The van der Waals surface area contributed by atoms with Crippen LogP contribution in [0, 0.1) is 0 Å². The summed E-state index contributed by atoms with van der Waals surface area (Å²) in [5.74, 6) is 0.988. The predicted molar refractivity (Wildman–Crippen MR) is 60.8 cm³/mol. The van der Waals surface area contributed by atoms with E-state index in [1.54, 1.807) is 6.33 Å². The number of nitrogens with zero attached hydrogens (tertiary/aromatic N) is 4. The molecule has 2 rings (SSSR count). The molecule has 5 heteroatoms. The van der Waals surface area contributed by atoms with Gasteiger partial charge in [-0.1, -0.05) is 0 Å². The van der Waals surface area contributed by atoms with E-state index >= 15 is 0 Å². The van der Waals surface area contributed by atoms with Crippen LogP contribution in [0.2, 0.25) is 0 Å². The van der Waals surface area contributed by atoms with Gasteiger partial charge in [-0.2, -0.15) is 5.10 Å². The topological polar surface area (TPSA) is 54.2 Å². The maximum Gasteiger partial charge on any atom is 0.140 e. The lowest BCUT2D eigenvalue weighted by atomic mass is 9.98. The highest BCUT2D eigenvalue weighted by Crippen LogP contribution is 2.21. The fourth-order valence-corrected chi connectivity index (χ4v) is 2.14. The van der Waals surface area contributed by atoms with Crippen LogP contribution in [0.5, 0.6) is 0 Å². The smallest absolute Gasteiger partial charge is 0.140 e. The zero-order valence-corrected chi connectivity index (χ0v) is 10.1. The first-order valence-electron chi connectivity index (χ1n) is 5.84. The summed E-state index contributed by atoms with van der Waals surface area (Å²) in [7, 11) is 1.91. The maximum absolute atomic E-state index is 9.99. The first kappa shape index (κ1) is 11.5. The summed E-state index contributed by atoms with van der Waals surface area (Å²) >= 11 is 0. The SMILES string of the molecule is Cn1ncnc1CN1CCCC(C)(O)CC1. The lowest BCUT2D eigenvalue weighted by molar-refractivity contribution is 0.0443. The van der Waals surface area contributed by atoms with Gasteiger partial charge in [0.25, 0.3) is 0 Å². The van der Waals surface area contributed by atoms with Gasteiger partial charge in [-0.05, 0) is 32.7 Å². The lowest BCUT2D eigenvalue weighted by Crippen LogP contribution is -2.29. The van der Waals surface area contributed by atoms with Gasteiger partial charge in [0.1, 0.15) is 12.2 Å². The van der Waals surface area contributed by atoms with E-state index in [-0.39, 0.29) is 0 Å². The Morgan fingerprint density at radius 2 is 2.25 bits per heavy atom. The molecule has 0 aromatic carbocycles. The average Bonchev–Trinajstić information content (AvgIpc) is 2.52. The number of aromatic nitrogens is 3. The minimum atomic E-state index is -0.491. The Kier molecular flexibility index (Phi) is 3.25. The van der Waals surface area contributed by atoms with Crippen molar-refractivity contribution in [3.05, 3.63) is 12.2 Å². The summed E-state index contributed by atoms with van der Waals surface area (Å²) in [6.07, 6.45) is 4.36. The van der Waals surface area contributed by atoms with Crippen LogP contribution in [0.1, 0.15) is 32.0 Å². The minimum absolute atomic E-state index is 0.491. The van der Waals surface area contributed by atoms with Crippen LogP contribution in [0.3, 0.4) is 0 Å². The first-order valence-corrected chi connectivity index (χ1v) is 5.84. The Hall–Kier alpha value is -0.940. The highest BCUT2D eigenvalue weighted by Gasteiger charge is 2.25. The third kappa shape index (κ3) is 2.80. The molecule has 1 saturated heterocycles. The van der Waals surface area contributed by atoms with Crippen molar-refractivity contribution in [2.45, 2.75) is 38.3 Å². The normalized spacial score (nSPS) is 27.9. The van der Waals surface area contributed by atoms with E-state index in [1.807, 2.05) is 18.7 Å². The zero-order chi connectivity index (χ0) is 11.6. The van der Waals surface area contributed by atoms with E-state index < -0.39 is 5.60 Å². The van der Waals surface area contributed by atoms with Gasteiger partial charge in [0.2, 0.25) is 0 Å². The quantitative estimate of drug-likeness (QED) is 0.797. The van der Waals surface area contributed by atoms with Crippen molar-refractivity contribution in [3.63, 3.8) is 0 Å². The van der Waals surface area contributed by atoms with Gasteiger partial charge in [-0.25, -0.2) is 4.98 Å². The van der Waals surface area contributed by atoms with Gasteiger partial charge in [-0.3, -0.25) is 9.58 Å². The van der Waals surface area contributed by atoms with Crippen LogP contribution >= 0.6 is 0 Å². The molecule has 16 heavy (non-hydrogen) atoms. The molecule has 1 aliphatic rings. The Balaban J connectivity index is 1.94. The second-order valence-electron chi connectivity index (χ2n) is 4.93. The summed E-state index contributed by atoms with van der Waals surface area (Å²) in [5, 5.41) is 14.1. The van der Waals surface area contributed by atoms with Crippen molar-refractivity contribution < 1.29 is 5.11 Å². The standard InChI is InChI=1S/C11H20N4O/c1-11(16)4-3-6-15(7-5-11)8-10-12-9-13-14(10)2/h9,16H,3-8H2,1-2H3. The summed E-state index contributed by atoms with van der Waals surface area (Å²) in [4.78, 5) is 6.56. The third-order valence-electron chi connectivity index (χ3n) is 3.33. The number of hydrogen-bond acceptors (Lipinski definition) is 4. The summed E-state index contributed by atoms with van der Waals surface area (Å²) in [6.45, 7) is 4.72. The molecule has 0 amide bonds. The van der Waals surface area contributed by atoms with Crippen molar-refractivity contribution in [1.82, 2.24) is 19.7 Å². The molecule has 1 fully saturated rings.